The maximum absolute atomic E-state index is 12.9. The van der Waals surface area contributed by atoms with Crippen LogP contribution in [0.25, 0.3) is 21.7 Å². The van der Waals surface area contributed by atoms with E-state index in [9.17, 15) is 19.2 Å². The number of imide groups is 1. The van der Waals surface area contributed by atoms with Crippen LogP contribution < -0.4 is 5.63 Å². The van der Waals surface area contributed by atoms with Crippen LogP contribution in [0.1, 0.15) is 44.7 Å². The van der Waals surface area contributed by atoms with Gasteiger partial charge in [0.25, 0.3) is 11.8 Å². The topological polar surface area (TPSA) is 93.9 Å². The highest BCUT2D eigenvalue weighted by atomic mass is 16.5. The number of aryl methyl sites for hydroxylation is 1. The number of hydrogen-bond donors (Lipinski definition) is 0. The fourth-order valence-corrected chi connectivity index (χ4v) is 4.35. The van der Waals surface area contributed by atoms with Crippen molar-refractivity contribution < 1.29 is 23.5 Å². The van der Waals surface area contributed by atoms with Gasteiger partial charge in [0.05, 0.1) is 0 Å². The lowest BCUT2D eigenvalue weighted by molar-refractivity contribution is -0.145. The number of hydrogen-bond acceptors (Lipinski definition) is 6. The number of carbonyl (C=O) groups excluding carboxylic acids is 3. The van der Waals surface area contributed by atoms with E-state index in [0.29, 0.717) is 33.0 Å². The predicted molar refractivity (Wildman–Crippen MR) is 126 cm³/mol. The van der Waals surface area contributed by atoms with Crippen molar-refractivity contribution >= 4 is 39.5 Å². The molecular formula is C27H21NO6. The Labute approximate surface area is 194 Å². The first-order chi connectivity index (χ1) is 16.4. The number of benzene rings is 3. The zero-order valence-electron chi connectivity index (χ0n) is 18.5. The van der Waals surface area contributed by atoms with Gasteiger partial charge in [-0.3, -0.25) is 19.3 Å². The van der Waals surface area contributed by atoms with E-state index in [1.54, 1.807) is 30.3 Å². The van der Waals surface area contributed by atoms with E-state index < -0.39 is 11.6 Å². The molecule has 0 aliphatic carbocycles. The van der Waals surface area contributed by atoms with Crippen molar-refractivity contribution in [2.24, 2.45) is 0 Å². The summed E-state index contributed by atoms with van der Waals surface area (Å²) in [5, 5.41) is 2.22. The Morgan fingerprint density at radius 2 is 1.65 bits per heavy atom. The molecule has 1 aliphatic heterocycles. The molecule has 7 nitrogen and oxygen atoms in total. The standard InChI is InChI=1S/C27H21NO6/c1-16-10-11-19-18(14-24(30)34-22(19)13-16)15-33-23(29)9-4-12-28-26(31)20-7-2-5-17-6-3-8-21(25(17)20)27(28)32/h2-3,5-8,10-11,13-14H,4,9,12,15H2,1H3. The minimum Gasteiger partial charge on any atom is -0.461 e. The summed E-state index contributed by atoms with van der Waals surface area (Å²) in [5.74, 6) is -1.20. The average Bonchev–Trinajstić information content (AvgIpc) is 2.82. The molecule has 0 atom stereocenters. The quantitative estimate of drug-likeness (QED) is 0.243. The molecule has 4 aromatic rings. The molecule has 0 saturated carbocycles. The highest BCUT2D eigenvalue weighted by molar-refractivity contribution is 6.25. The van der Waals surface area contributed by atoms with Crippen molar-refractivity contribution in [3.8, 4) is 0 Å². The van der Waals surface area contributed by atoms with Gasteiger partial charge in [-0.1, -0.05) is 36.4 Å². The number of rotatable bonds is 6. The van der Waals surface area contributed by atoms with Crippen molar-refractivity contribution in [2.75, 3.05) is 6.54 Å². The number of fused-ring (bicyclic) bond motifs is 1. The second-order valence-electron chi connectivity index (χ2n) is 8.33. The van der Waals surface area contributed by atoms with E-state index in [2.05, 4.69) is 0 Å². The molecule has 0 N–H and O–H groups in total. The van der Waals surface area contributed by atoms with Gasteiger partial charge in [0.1, 0.15) is 12.2 Å². The van der Waals surface area contributed by atoms with Gasteiger partial charge in [0.15, 0.2) is 0 Å². The molecule has 0 fully saturated rings. The molecule has 170 valence electrons. The fourth-order valence-electron chi connectivity index (χ4n) is 4.35. The highest BCUT2D eigenvalue weighted by Crippen LogP contribution is 2.30. The van der Waals surface area contributed by atoms with Gasteiger partial charge >= 0.3 is 11.6 Å². The van der Waals surface area contributed by atoms with Crippen LogP contribution in [-0.4, -0.2) is 29.2 Å². The van der Waals surface area contributed by atoms with Crippen LogP contribution in [-0.2, 0) is 16.1 Å². The Hall–Kier alpha value is -4.26. The lowest BCUT2D eigenvalue weighted by atomic mass is 9.94. The molecule has 0 bridgehead atoms. The van der Waals surface area contributed by atoms with Gasteiger partial charge < -0.3 is 9.15 Å². The average molecular weight is 455 g/mol. The van der Waals surface area contributed by atoms with Crippen LogP contribution in [0, 0.1) is 6.92 Å². The van der Waals surface area contributed by atoms with Gasteiger partial charge in [-0.2, -0.15) is 0 Å². The van der Waals surface area contributed by atoms with Crippen molar-refractivity contribution in [1.29, 1.82) is 0 Å². The Bertz CT molecular complexity index is 1480. The molecule has 2 heterocycles. The summed E-state index contributed by atoms with van der Waals surface area (Å²) in [4.78, 5) is 51.2. The SMILES string of the molecule is Cc1ccc2c(COC(=O)CCCN3C(=O)c4cccc5cccc(c45)C3=O)cc(=O)oc2c1. The van der Waals surface area contributed by atoms with Crippen LogP contribution in [0.2, 0.25) is 0 Å². The minimum absolute atomic E-state index is 0.0292. The van der Waals surface area contributed by atoms with Crippen LogP contribution in [0.5, 0.6) is 0 Å². The lowest BCUT2D eigenvalue weighted by Crippen LogP contribution is -2.41. The molecule has 3 aromatic carbocycles. The Balaban J connectivity index is 1.23. The first kappa shape index (κ1) is 21.6. The summed E-state index contributed by atoms with van der Waals surface area (Å²) >= 11 is 0. The van der Waals surface area contributed by atoms with E-state index in [-0.39, 0.29) is 37.8 Å². The Morgan fingerprint density at radius 3 is 2.35 bits per heavy atom. The van der Waals surface area contributed by atoms with Gasteiger partial charge in [-0.25, -0.2) is 4.79 Å². The second kappa shape index (κ2) is 8.59. The molecule has 7 heteroatoms. The zero-order chi connectivity index (χ0) is 23.8. The molecule has 1 aromatic heterocycles. The van der Waals surface area contributed by atoms with E-state index in [1.807, 2.05) is 31.2 Å². The molecule has 2 amide bonds. The monoisotopic (exact) mass is 455 g/mol. The molecule has 0 spiro atoms. The Morgan fingerprint density at radius 1 is 0.941 bits per heavy atom. The van der Waals surface area contributed by atoms with Crippen molar-refractivity contribution in [2.45, 2.75) is 26.4 Å². The first-order valence-electron chi connectivity index (χ1n) is 11.0. The third-order valence-corrected chi connectivity index (χ3v) is 5.99. The highest BCUT2D eigenvalue weighted by Gasteiger charge is 2.32. The van der Waals surface area contributed by atoms with Crippen LogP contribution in [0.3, 0.4) is 0 Å². The molecule has 5 rings (SSSR count). The second-order valence-corrected chi connectivity index (χ2v) is 8.33. The fraction of sp³-hybridized carbons (Fsp3) is 0.185. The number of ether oxygens (including phenoxy) is 1. The zero-order valence-corrected chi connectivity index (χ0v) is 18.5. The molecule has 0 unspecified atom stereocenters. The molecule has 0 saturated heterocycles. The third kappa shape index (κ3) is 3.85. The summed E-state index contributed by atoms with van der Waals surface area (Å²) in [6.45, 7) is 1.93. The van der Waals surface area contributed by atoms with E-state index >= 15 is 0 Å². The van der Waals surface area contributed by atoms with Gasteiger partial charge in [-0.05, 0) is 42.5 Å². The smallest absolute Gasteiger partial charge is 0.336 e. The van der Waals surface area contributed by atoms with Crippen molar-refractivity contribution in [3.05, 3.63) is 93.3 Å². The lowest BCUT2D eigenvalue weighted by Gasteiger charge is -2.27. The molecule has 34 heavy (non-hydrogen) atoms. The maximum atomic E-state index is 12.9. The maximum Gasteiger partial charge on any atom is 0.336 e. The summed E-state index contributed by atoms with van der Waals surface area (Å²) in [5.41, 5.74) is 2.41. The van der Waals surface area contributed by atoms with Gasteiger partial charge in [0, 0.05) is 46.5 Å². The molecule has 0 radical (unpaired) electrons. The number of esters is 1. The van der Waals surface area contributed by atoms with Crippen LogP contribution >= 0.6 is 0 Å². The largest absolute Gasteiger partial charge is 0.461 e. The summed E-state index contributed by atoms with van der Waals surface area (Å²) in [7, 11) is 0. The predicted octanol–water partition coefficient (Wildman–Crippen LogP) is 4.37. The van der Waals surface area contributed by atoms with E-state index in [4.69, 9.17) is 9.15 Å². The molecular weight excluding hydrogens is 434 g/mol. The normalized spacial score (nSPS) is 13.0. The Kier molecular flexibility index (Phi) is 5.45. The third-order valence-electron chi connectivity index (χ3n) is 5.99. The number of carbonyl (C=O) groups is 3. The van der Waals surface area contributed by atoms with Crippen molar-refractivity contribution in [1.82, 2.24) is 4.90 Å². The number of amides is 2. The summed E-state index contributed by atoms with van der Waals surface area (Å²) < 4.78 is 10.6. The van der Waals surface area contributed by atoms with Crippen molar-refractivity contribution in [3.63, 3.8) is 0 Å². The minimum atomic E-state index is -0.512. The van der Waals surface area contributed by atoms with E-state index in [0.717, 1.165) is 10.9 Å². The van der Waals surface area contributed by atoms with Gasteiger partial charge in [-0.15, -0.1) is 0 Å². The summed E-state index contributed by atoms with van der Waals surface area (Å²) in [6, 6.07) is 17.5. The van der Waals surface area contributed by atoms with Crippen LogP contribution in [0.4, 0.5) is 0 Å². The first-order valence-corrected chi connectivity index (χ1v) is 11.0. The number of nitrogens with zero attached hydrogens (tertiary/aromatic N) is 1. The summed E-state index contributed by atoms with van der Waals surface area (Å²) in [6.07, 6.45) is 0.298. The van der Waals surface area contributed by atoms with Gasteiger partial charge in [0.2, 0.25) is 0 Å². The molecule has 1 aliphatic rings. The van der Waals surface area contributed by atoms with E-state index in [1.165, 1.54) is 11.0 Å². The van der Waals surface area contributed by atoms with Crippen LogP contribution in [0.15, 0.2) is 69.9 Å².